The first-order valence-corrected chi connectivity index (χ1v) is 8.25. The standard InChI is InChI=1S/C18H18N2O2S/c1-11-8-13(5-7-16(11)22-3)12(2)20-18(21)14-4-6-15-17(9-14)23-10-19-15/h4-10,12H,1-3H3,(H,20,21)/t12-/m0/s1. The molecular weight excluding hydrogens is 308 g/mol. The average molecular weight is 326 g/mol. The van der Waals surface area contributed by atoms with Gasteiger partial charge in [0, 0.05) is 5.56 Å². The van der Waals surface area contributed by atoms with Gasteiger partial charge in [0.15, 0.2) is 0 Å². The van der Waals surface area contributed by atoms with Crippen LogP contribution in [0.5, 0.6) is 5.75 Å². The zero-order valence-electron chi connectivity index (χ0n) is 13.3. The summed E-state index contributed by atoms with van der Waals surface area (Å²) in [6.07, 6.45) is 0. The van der Waals surface area contributed by atoms with Crippen LogP contribution in [-0.4, -0.2) is 18.0 Å². The van der Waals surface area contributed by atoms with E-state index in [-0.39, 0.29) is 11.9 Å². The number of aryl methyl sites for hydroxylation is 1. The normalized spacial score (nSPS) is 12.1. The van der Waals surface area contributed by atoms with Gasteiger partial charge in [-0.25, -0.2) is 4.98 Å². The fraction of sp³-hybridized carbons (Fsp3) is 0.222. The summed E-state index contributed by atoms with van der Waals surface area (Å²) in [5.74, 6) is 0.768. The number of benzene rings is 2. The monoisotopic (exact) mass is 326 g/mol. The van der Waals surface area contributed by atoms with Crippen LogP contribution in [-0.2, 0) is 0 Å². The van der Waals surface area contributed by atoms with Gasteiger partial charge in [-0.05, 0) is 49.2 Å². The molecule has 5 heteroatoms. The van der Waals surface area contributed by atoms with E-state index in [1.165, 1.54) is 11.3 Å². The Labute approximate surface area is 139 Å². The molecule has 0 saturated carbocycles. The number of hydrogen-bond donors (Lipinski definition) is 1. The lowest BCUT2D eigenvalue weighted by atomic mass is 10.0. The zero-order valence-corrected chi connectivity index (χ0v) is 14.1. The lowest BCUT2D eigenvalue weighted by molar-refractivity contribution is 0.0940. The van der Waals surface area contributed by atoms with Crippen LogP contribution in [0.15, 0.2) is 41.9 Å². The molecule has 4 nitrogen and oxygen atoms in total. The molecule has 3 aromatic rings. The van der Waals surface area contributed by atoms with Crippen LogP contribution in [0.25, 0.3) is 10.2 Å². The summed E-state index contributed by atoms with van der Waals surface area (Å²) in [5, 5.41) is 3.04. The van der Waals surface area contributed by atoms with Crippen LogP contribution in [0.2, 0.25) is 0 Å². The topological polar surface area (TPSA) is 51.2 Å². The maximum atomic E-state index is 12.5. The molecule has 2 aromatic carbocycles. The van der Waals surface area contributed by atoms with E-state index >= 15 is 0 Å². The van der Waals surface area contributed by atoms with Crippen molar-refractivity contribution in [1.82, 2.24) is 10.3 Å². The summed E-state index contributed by atoms with van der Waals surface area (Å²) in [4.78, 5) is 16.7. The molecule has 0 aliphatic rings. The first kappa shape index (κ1) is 15.5. The number of fused-ring (bicyclic) bond motifs is 1. The van der Waals surface area contributed by atoms with Gasteiger partial charge in [-0.2, -0.15) is 0 Å². The van der Waals surface area contributed by atoms with Crippen LogP contribution in [0.1, 0.15) is 34.5 Å². The summed E-state index contributed by atoms with van der Waals surface area (Å²) < 4.78 is 6.29. The number of nitrogens with one attached hydrogen (secondary N) is 1. The Balaban J connectivity index is 1.77. The molecule has 0 aliphatic carbocycles. The van der Waals surface area contributed by atoms with Crippen LogP contribution in [0.4, 0.5) is 0 Å². The van der Waals surface area contributed by atoms with Gasteiger partial charge < -0.3 is 10.1 Å². The minimum atomic E-state index is -0.0822. The van der Waals surface area contributed by atoms with Crippen molar-refractivity contribution in [3.8, 4) is 5.75 Å². The molecule has 1 atom stereocenters. The molecule has 0 fully saturated rings. The second-order valence-corrected chi connectivity index (χ2v) is 6.35. The summed E-state index contributed by atoms with van der Waals surface area (Å²) in [6, 6.07) is 11.4. The lowest BCUT2D eigenvalue weighted by Gasteiger charge is -2.16. The van der Waals surface area contributed by atoms with Gasteiger partial charge in [0.1, 0.15) is 5.75 Å². The first-order valence-electron chi connectivity index (χ1n) is 7.37. The van der Waals surface area contributed by atoms with Crippen LogP contribution in [0.3, 0.4) is 0 Å². The number of thiazole rings is 1. The third-order valence-corrected chi connectivity index (χ3v) is 4.65. The van der Waals surface area contributed by atoms with Crippen molar-refractivity contribution in [1.29, 1.82) is 0 Å². The quantitative estimate of drug-likeness (QED) is 0.785. The molecule has 0 spiro atoms. The lowest BCUT2D eigenvalue weighted by Crippen LogP contribution is -2.26. The van der Waals surface area contributed by atoms with E-state index in [2.05, 4.69) is 10.3 Å². The van der Waals surface area contributed by atoms with Gasteiger partial charge in [0.2, 0.25) is 0 Å². The SMILES string of the molecule is COc1ccc([C@H](C)NC(=O)c2ccc3ncsc3c2)cc1C. The molecule has 1 heterocycles. The van der Waals surface area contributed by atoms with E-state index in [0.717, 1.165) is 27.1 Å². The number of carbonyl (C=O) groups excluding carboxylic acids is 1. The number of hydrogen-bond acceptors (Lipinski definition) is 4. The Morgan fingerprint density at radius 3 is 2.83 bits per heavy atom. The number of ether oxygens (including phenoxy) is 1. The van der Waals surface area contributed by atoms with E-state index in [1.807, 2.05) is 50.2 Å². The fourth-order valence-corrected chi connectivity index (χ4v) is 3.25. The number of nitrogens with zero attached hydrogens (tertiary/aromatic N) is 1. The van der Waals surface area contributed by atoms with Crippen LogP contribution < -0.4 is 10.1 Å². The van der Waals surface area contributed by atoms with Crippen molar-refractivity contribution in [2.45, 2.75) is 19.9 Å². The van der Waals surface area contributed by atoms with Crippen molar-refractivity contribution in [2.75, 3.05) is 7.11 Å². The molecule has 0 saturated heterocycles. The van der Waals surface area contributed by atoms with E-state index in [4.69, 9.17) is 4.74 Å². The number of amides is 1. The summed E-state index contributed by atoms with van der Waals surface area (Å²) in [6.45, 7) is 3.97. The Hall–Kier alpha value is -2.40. The van der Waals surface area contributed by atoms with Gasteiger partial charge >= 0.3 is 0 Å². The molecule has 23 heavy (non-hydrogen) atoms. The molecule has 0 unspecified atom stereocenters. The molecule has 0 bridgehead atoms. The van der Waals surface area contributed by atoms with Crippen molar-refractivity contribution < 1.29 is 9.53 Å². The first-order chi connectivity index (χ1) is 11.1. The highest BCUT2D eigenvalue weighted by Crippen LogP contribution is 2.23. The molecule has 118 valence electrons. The van der Waals surface area contributed by atoms with Crippen molar-refractivity contribution in [3.05, 3.63) is 58.6 Å². The Morgan fingerprint density at radius 2 is 2.09 bits per heavy atom. The summed E-state index contributed by atoms with van der Waals surface area (Å²) in [7, 11) is 1.66. The minimum Gasteiger partial charge on any atom is -0.496 e. The van der Waals surface area contributed by atoms with Gasteiger partial charge in [-0.3, -0.25) is 4.79 Å². The Bertz CT molecular complexity index is 857. The smallest absolute Gasteiger partial charge is 0.251 e. The minimum absolute atomic E-state index is 0.0794. The highest BCUT2D eigenvalue weighted by Gasteiger charge is 2.13. The molecule has 1 aromatic heterocycles. The van der Waals surface area contributed by atoms with E-state index in [0.29, 0.717) is 5.56 Å². The van der Waals surface area contributed by atoms with Crippen molar-refractivity contribution in [3.63, 3.8) is 0 Å². The van der Waals surface area contributed by atoms with Gasteiger partial charge in [0.25, 0.3) is 5.91 Å². The maximum absolute atomic E-state index is 12.5. The predicted molar refractivity (Wildman–Crippen MR) is 93.2 cm³/mol. The number of rotatable bonds is 4. The summed E-state index contributed by atoms with van der Waals surface area (Å²) >= 11 is 1.54. The van der Waals surface area contributed by atoms with Crippen LogP contribution >= 0.6 is 11.3 Å². The zero-order chi connectivity index (χ0) is 16.4. The largest absolute Gasteiger partial charge is 0.496 e. The van der Waals surface area contributed by atoms with Crippen molar-refractivity contribution in [2.24, 2.45) is 0 Å². The van der Waals surface area contributed by atoms with Crippen LogP contribution in [0, 0.1) is 6.92 Å². The van der Waals surface area contributed by atoms with Gasteiger partial charge in [0.05, 0.1) is 28.9 Å². The van der Waals surface area contributed by atoms with E-state index in [1.54, 1.807) is 12.6 Å². The molecule has 0 aliphatic heterocycles. The second kappa shape index (κ2) is 6.38. The molecule has 0 radical (unpaired) electrons. The molecule has 1 amide bonds. The maximum Gasteiger partial charge on any atom is 0.251 e. The predicted octanol–water partition coefficient (Wildman–Crippen LogP) is 4.10. The number of methoxy groups -OCH3 is 1. The van der Waals surface area contributed by atoms with Gasteiger partial charge in [-0.1, -0.05) is 12.1 Å². The Kier molecular flexibility index (Phi) is 4.30. The number of aromatic nitrogens is 1. The molecular formula is C18H18N2O2S. The molecule has 3 rings (SSSR count). The fourth-order valence-electron chi connectivity index (χ4n) is 2.53. The van der Waals surface area contributed by atoms with E-state index < -0.39 is 0 Å². The third-order valence-electron chi connectivity index (χ3n) is 3.86. The third kappa shape index (κ3) is 3.19. The van der Waals surface area contributed by atoms with Crippen molar-refractivity contribution >= 4 is 27.5 Å². The second-order valence-electron chi connectivity index (χ2n) is 5.46. The molecule has 1 N–H and O–H groups in total. The Morgan fingerprint density at radius 1 is 1.26 bits per heavy atom. The number of carbonyl (C=O) groups is 1. The highest BCUT2D eigenvalue weighted by molar-refractivity contribution is 7.16. The van der Waals surface area contributed by atoms with E-state index in [9.17, 15) is 4.79 Å². The summed E-state index contributed by atoms with van der Waals surface area (Å²) in [5.41, 5.74) is 5.46. The average Bonchev–Trinajstić information content (AvgIpc) is 3.02. The highest BCUT2D eigenvalue weighted by atomic mass is 32.1. The van der Waals surface area contributed by atoms with Gasteiger partial charge in [-0.15, -0.1) is 11.3 Å².